The molecule has 1 aliphatic heterocycles. The maximum atomic E-state index is 13.5. The van der Waals surface area contributed by atoms with Crippen molar-refractivity contribution in [1.29, 1.82) is 0 Å². The molecule has 458 valence electrons. The van der Waals surface area contributed by atoms with Gasteiger partial charge in [0.05, 0.1) is 172 Å². The summed E-state index contributed by atoms with van der Waals surface area (Å²) < 4.78 is 66.1. The Morgan fingerprint density at radius 1 is 0.436 bits per heavy atom. The van der Waals surface area contributed by atoms with Crippen LogP contribution in [0.2, 0.25) is 0 Å². The zero-order valence-corrected chi connectivity index (χ0v) is 47.8. The molecule has 1 atom stereocenters. The van der Waals surface area contributed by atoms with Gasteiger partial charge in [-0.15, -0.1) is 0 Å². The summed E-state index contributed by atoms with van der Waals surface area (Å²) in [5.41, 5.74) is -1.45. The van der Waals surface area contributed by atoms with E-state index in [1.807, 2.05) is 0 Å². The minimum atomic E-state index is -1.45. The van der Waals surface area contributed by atoms with Crippen molar-refractivity contribution < 1.29 is 95.9 Å². The number of rotatable bonds is 63. The van der Waals surface area contributed by atoms with Gasteiger partial charge in [-0.2, -0.15) is 5.06 Å². The third-order valence-corrected chi connectivity index (χ3v) is 12.6. The lowest BCUT2D eigenvalue weighted by Crippen LogP contribution is -2.47. The molecule has 0 radical (unpaired) electrons. The quantitative estimate of drug-likeness (QED) is 0.0420. The molecule has 2 amide bonds. The number of carboxylic acids is 2. The molecule has 1 rings (SSSR count). The van der Waals surface area contributed by atoms with E-state index in [0.717, 1.165) is 62.9 Å². The van der Waals surface area contributed by atoms with Crippen molar-refractivity contribution in [3.63, 3.8) is 0 Å². The SMILES string of the molecule is CCCCCCCCCCC[C@@](CCCCCCCCCCC(=O)O)(C(=O)O)C(=O)NCCOCCOCCOCCOCCOCCOCCOCCOCCOCCOCCOCCOCCC(=O)ON1CCCC1=O. The molecule has 0 aromatic heterocycles. The molecule has 0 aliphatic carbocycles. The van der Waals surface area contributed by atoms with Crippen LogP contribution in [-0.4, -0.2) is 217 Å². The van der Waals surface area contributed by atoms with Crippen LogP contribution < -0.4 is 5.32 Å². The Balaban J connectivity index is 1.90. The predicted octanol–water partition coefficient (Wildman–Crippen LogP) is 6.75. The number of carboxylic acid groups (broad SMARTS) is 2. The molecule has 1 aliphatic rings. The van der Waals surface area contributed by atoms with Gasteiger partial charge in [-0.05, 0) is 25.7 Å². The van der Waals surface area contributed by atoms with Gasteiger partial charge in [-0.3, -0.25) is 19.2 Å². The fourth-order valence-corrected chi connectivity index (χ4v) is 8.14. The molecule has 3 N–H and O–H groups in total. The largest absolute Gasteiger partial charge is 0.481 e. The number of amides is 2. The molecule has 1 heterocycles. The van der Waals surface area contributed by atoms with E-state index in [0.29, 0.717) is 197 Å². The molecular formula is C56H104N2O20. The highest BCUT2D eigenvalue weighted by Crippen LogP contribution is 2.33. The van der Waals surface area contributed by atoms with E-state index in [-0.39, 0.29) is 38.5 Å². The number of unbranched alkanes of at least 4 members (excludes halogenated alkanes) is 15. The van der Waals surface area contributed by atoms with E-state index in [4.69, 9.17) is 66.8 Å². The summed E-state index contributed by atoms with van der Waals surface area (Å²) >= 11 is 0. The number of hydrogen-bond acceptors (Lipinski definition) is 18. The molecule has 22 nitrogen and oxygen atoms in total. The van der Waals surface area contributed by atoms with Gasteiger partial charge in [0.1, 0.15) is 5.41 Å². The summed E-state index contributed by atoms with van der Waals surface area (Å²) in [5, 5.41) is 23.2. The van der Waals surface area contributed by atoms with Crippen LogP contribution in [0, 0.1) is 5.41 Å². The van der Waals surface area contributed by atoms with Gasteiger partial charge >= 0.3 is 17.9 Å². The Morgan fingerprint density at radius 3 is 1.08 bits per heavy atom. The number of nitrogens with one attached hydrogen (secondary N) is 1. The summed E-state index contributed by atoms with van der Waals surface area (Å²) in [4.78, 5) is 65.2. The van der Waals surface area contributed by atoms with Crippen molar-refractivity contribution in [1.82, 2.24) is 10.4 Å². The van der Waals surface area contributed by atoms with E-state index in [1.165, 1.54) is 32.1 Å². The zero-order valence-electron chi connectivity index (χ0n) is 47.8. The number of hydroxylamine groups is 2. The molecule has 0 aromatic rings. The van der Waals surface area contributed by atoms with Gasteiger partial charge in [-0.1, -0.05) is 110 Å². The van der Waals surface area contributed by atoms with Crippen LogP contribution in [0.3, 0.4) is 0 Å². The molecule has 0 aromatic carbocycles. The van der Waals surface area contributed by atoms with E-state index in [1.54, 1.807) is 0 Å². The summed E-state index contributed by atoms with van der Waals surface area (Å²) in [6.07, 6.45) is 19.2. The highest BCUT2D eigenvalue weighted by Gasteiger charge is 2.44. The van der Waals surface area contributed by atoms with Crippen LogP contribution >= 0.6 is 0 Å². The van der Waals surface area contributed by atoms with Crippen LogP contribution in [0.5, 0.6) is 0 Å². The number of aliphatic carboxylic acids is 2. The van der Waals surface area contributed by atoms with Crippen molar-refractivity contribution in [3.8, 4) is 0 Å². The Morgan fingerprint density at radius 2 is 0.756 bits per heavy atom. The van der Waals surface area contributed by atoms with Crippen molar-refractivity contribution >= 4 is 29.7 Å². The van der Waals surface area contributed by atoms with Gasteiger partial charge in [0.25, 0.3) is 5.91 Å². The molecule has 0 saturated carbocycles. The average molecular weight is 1130 g/mol. The second-order valence-corrected chi connectivity index (χ2v) is 19.1. The summed E-state index contributed by atoms with van der Waals surface area (Å²) in [6.45, 7) is 12.7. The second-order valence-electron chi connectivity index (χ2n) is 19.1. The topological polar surface area (TPSA) is 261 Å². The highest BCUT2D eigenvalue weighted by atomic mass is 16.7. The van der Waals surface area contributed by atoms with E-state index < -0.39 is 29.2 Å². The second kappa shape index (κ2) is 55.8. The lowest BCUT2D eigenvalue weighted by Gasteiger charge is -2.28. The lowest BCUT2D eigenvalue weighted by atomic mass is 9.76. The smallest absolute Gasteiger partial charge is 0.334 e. The Hall–Kier alpha value is -3.13. The van der Waals surface area contributed by atoms with Crippen LogP contribution in [0.15, 0.2) is 0 Å². The Bertz CT molecular complexity index is 1420. The van der Waals surface area contributed by atoms with Gasteiger partial charge in [0.2, 0.25) is 5.91 Å². The minimum Gasteiger partial charge on any atom is -0.481 e. The van der Waals surface area contributed by atoms with E-state index >= 15 is 0 Å². The summed E-state index contributed by atoms with van der Waals surface area (Å²) in [5.74, 6) is -2.89. The van der Waals surface area contributed by atoms with Crippen LogP contribution in [-0.2, 0) is 85.7 Å². The molecule has 78 heavy (non-hydrogen) atoms. The first-order valence-electron chi connectivity index (χ1n) is 29.4. The normalized spacial score (nSPS) is 13.3. The third-order valence-electron chi connectivity index (χ3n) is 12.6. The Labute approximate surface area is 466 Å². The van der Waals surface area contributed by atoms with E-state index in [2.05, 4.69) is 12.2 Å². The number of carbonyl (C=O) groups is 5. The fraction of sp³-hybridized carbons (Fsp3) is 0.911. The van der Waals surface area contributed by atoms with Crippen LogP contribution in [0.25, 0.3) is 0 Å². The number of hydrogen-bond donors (Lipinski definition) is 3. The minimum absolute atomic E-state index is 0.0733. The van der Waals surface area contributed by atoms with Crippen molar-refractivity contribution in [3.05, 3.63) is 0 Å². The Kier molecular flexibility index (Phi) is 52.1. The maximum absolute atomic E-state index is 13.5. The maximum Gasteiger partial charge on any atom is 0.334 e. The first kappa shape index (κ1) is 72.9. The van der Waals surface area contributed by atoms with Gasteiger partial charge in [0.15, 0.2) is 0 Å². The average Bonchev–Trinajstić information content (AvgIpc) is 3.84. The third kappa shape index (κ3) is 45.6. The molecule has 0 spiro atoms. The molecule has 1 fully saturated rings. The lowest BCUT2D eigenvalue weighted by molar-refractivity contribution is -0.193. The van der Waals surface area contributed by atoms with Crippen LogP contribution in [0.1, 0.15) is 155 Å². The standard InChI is InChI=1S/C56H104N2O20/c1-2-3-4-5-6-8-11-14-17-23-56(55(64)65,24-18-15-12-9-7-10-13-16-21-52(60)61)54(63)57-25-28-67-30-32-69-34-36-71-38-40-73-42-44-75-46-48-77-50-49-76-47-45-74-43-41-72-39-37-70-35-33-68-31-29-66-27-22-53(62)78-58-26-19-20-51(58)59/h2-50H2,1H3,(H,57,63)(H,60,61)(H,64,65)/t56-/m0/s1. The van der Waals surface area contributed by atoms with E-state index in [9.17, 15) is 29.1 Å². The highest BCUT2D eigenvalue weighted by molar-refractivity contribution is 6.01. The number of ether oxygens (including phenoxy) is 12. The van der Waals surface area contributed by atoms with Gasteiger partial charge < -0.3 is 77.2 Å². The molecule has 0 unspecified atom stereocenters. The van der Waals surface area contributed by atoms with Gasteiger partial charge in [-0.25, -0.2) is 4.79 Å². The monoisotopic (exact) mass is 1120 g/mol. The van der Waals surface area contributed by atoms with Gasteiger partial charge in [0, 0.05) is 19.4 Å². The summed E-state index contributed by atoms with van der Waals surface area (Å²) in [7, 11) is 0. The van der Waals surface area contributed by atoms with Crippen molar-refractivity contribution in [2.75, 3.05) is 172 Å². The predicted molar refractivity (Wildman–Crippen MR) is 290 cm³/mol. The van der Waals surface area contributed by atoms with Crippen molar-refractivity contribution in [2.24, 2.45) is 5.41 Å². The first-order chi connectivity index (χ1) is 38.2. The fourth-order valence-electron chi connectivity index (χ4n) is 8.14. The van der Waals surface area contributed by atoms with Crippen molar-refractivity contribution in [2.45, 2.75) is 155 Å². The number of nitrogens with zero attached hydrogens (tertiary/aromatic N) is 1. The zero-order chi connectivity index (χ0) is 56.5. The molecule has 0 bridgehead atoms. The number of carbonyl (C=O) groups excluding carboxylic acids is 3. The van der Waals surface area contributed by atoms with Crippen LogP contribution in [0.4, 0.5) is 0 Å². The molecular weight excluding hydrogens is 1020 g/mol. The summed E-state index contributed by atoms with van der Waals surface area (Å²) in [6, 6.07) is 0. The molecule has 22 heteroatoms. The first-order valence-corrected chi connectivity index (χ1v) is 29.4. The molecule has 1 saturated heterocycles.